The van der Waals surface area contributed by atoms with Crippen molar-refractivity contribution in [2.75, 3.05) is 20.3 Å². The van der Waals surface area contributed by atoms with Crippen LogP contribution < -0.4 is 19.5 Å². The quantitative estimate of drug-likeness (QED) is 0.222. The van der Waals surface area contributed by atoms with Crippen LogP contribution >= 0.6 is 0 Å². The van der Waals surface area contributed by atoms with Gasteiger partial charge in [0.25, 0.3) is 5.91 Å². The van der Waals surface area contributed by atoms with Gasteiger partial charge in [0.2, 0.25) is 27.7 Å². The molecule has 6 rings (SSSR count). The van der Waals surface area contributed by atoms with Gasteiger partial charge in [-0.25, -0.2) is 27.0 Å². The van der Waals surface area contributed by atoms with E-state index in [1.165, 1.54) is 32.2 Å². The lowest BCUT2D eigenvalue weighted by Gasteiger charge is -2.45. The van der Waals surface area contributed by atoms with Crippen molar-refractivity contribution in [1.82, 2.24) is 24.8 Å². The number of sulfonamides is 1. The highest BCUT2D eigenvalue weighted by atomic mass is 32.2. The van der Waals surface area contributed by atoms with Gasteiger partial charge < -0.3 is 24.8 Å². The first-order chi connectivity index (χ1) is 27.5. The maximum absolute atomic E-state index is 14.9. The SMILES string of the molecule is COc1ccc2c(O[C@@H]3C[C@H]4C(=O)N[C@]5(C(=O)NS(=O)(=O)C6(CF)CC6)C[C@H]5/C=C\CC[C@@H](C)C[C@@H](C)[C@H](N(C(=O)O)C(C)(C)C(F)(F)F)C(=O)N4C3)ncc(F)c2c1. The second-order valence-corrected chi connectivity index (χ2v) is 18.9. The number of carboxylic acid groups (broad SMARTS) is 1. The normalized spacial score (nSPS) is 29.2. The molecule has 1 aromatic carbocycles. The molecule has 2 aromatic rings. The molecule has 3 heterocycles. The van der Waals surface area contributed by atoms with Gasteiger partial charge >= 0.3 is 12.3 Å². The summed E-state index contributed by atoms with van der Waals surface area (Å²) < 4.78 is 111. The van der Waals surface area contributed by atoms with Crippen LogP contribution in [0.25, 0.3) is 10.8 Å². The molecule has 1 saturated heterocycles. The van der Waals surface area contributed by atoms with Crippen molar-refractivity contribution in [3.05, 3.63) is 42.4 Å². The van der Waals surface area contributed by atoms with Crippen LogP contribution in [0.1, 0.15) is 72.6 Å². The number of aromatic nitrogens is 1. The van der Waals surface area contributed by atoms with Gasteiger partial charge in [0.1, 0.15) is 52.3 Å². The first-order valence-electron chi connectivity index (χ1n) is 19.3. The molecule has 20 heteroatoms. The predicted molar refractivity (Wildman–Crippen MR) is 202 cm³/mol. The van der Waals surface area contributed by atoms with E-state index in [4.69, 9.17) is 9.47 Å². The minimum absolute atomic E-state index is 0.0165. The minimum Gasteiger partial charge on any atom is -0.497 e. The van der Waals surface area contributed by atoms with Crippen LogP contribution in [0.15, 0.2) is 36.5 Å². The number of nitrogens with one attached hydrogen (secondary N) is 2. The zero-order chi connectivity index (χ0) is 43.5. The number of fused-ring (bicyclic) bond motifs is 3. The molecule has 2 saturated carbocycles. The number of amides is 4. The van der Waals surface area contributed by atoms with Crippen LogP contribution in [0.3, 0.4) is 0 Å². The highest BCUT2D eigenvalue weighted by Gasteiger charge is 2.64. The van der Waals surface area contributed by atoms with Crippen molar-refractivity contribution in [2.24, 2.45) is 17.8 Å². The standard InChI is InChI=1S/C39H48F5N5O9S/c1-21-8-6-7-9-23-17-38(23,34(52)47-59(55,56)37(20-40)12-13-37)46-31(50)29-16-25(58-32-26-11-10-24(57-5)15-27(26)28(41)18-45-32)19-48(29)33(51)30(22(2)14-21)49(35(53)54)36(3,4)39(42,43)44/h7,9-11,15,18,21-23,25,29-30H,6,8,12-14,16-17,19-20H2,1-5H3,(H,46,50)(H,47,52)(H,53,54)/b9-7-/t21-,22-,23-,25-,29+,30+,38-/m1/s1. The maximum atomic E-state index is 14.9. The number of carbonyl (C=O) groups is 4. The summed E-state index contributed by atoms with van der Waals surface area (Å²) in [6.07, 6.45) is -3.59. The molecule has 0 spiro atoms. The third-order valence-electron chi connectivity index (χ3n) is 12.3. The first-order valence-corrected chi connectivity index (χ1v) is 20.8. The lowest BCUT2D eigenvalue weighted by molar-refractivity contribution is -0.222. The Morgan fingerprint density at radius 3 is 2.44 bits per heavy atom. The Hall–Kier alpha value is -4.75. The number of pyridine rings is 1. The second kappa shape index (κ2) is 15.7. The predicted octanol–water partition coefficient (Wildman–Crippen LogP) is 5.26. The van der Waals surface area contributed by atoms with E-state index >= 15 is 0 Å². The summed E-state index contributed by atoms with van der Waals surface area (Å²) in [5, 5.41) is 13.3. The molecule has 3 N–H and O–H groups in total. The summed E-state index contributed by atoms with van der Waals surface area (Å²) in [6.45, 7) is 2.83. The molecular weight excluding hydrogens is 810 g/mol. The number of benzene rings is 1. The number of methoxy groups -OCH3 is 1. The van der Waals surface area contributed by atoms with Gasteiger partial charge in [-0.1, -0.05) is 26.0 Å². The molecule has 0 radical (unpaired) electrons. The number of rotatable bonds is 9. The zero-order valence-corrected chi connectivity index (χ0v) is 34.0. The number of ether oxygens (including phenoxy) is 2. The lowest BCUT2D eigenvalue weighted by Crippen LogP contribution is -2.66. The average molecular weight is 858 g/mol. The summed E-state index contributed by atoms with van der Waals surface area (Å²) in [4.78, 5) is 61.3. The minimum atomic E-state index is -5.15. The van der Waals surface area contributed by atoms with Crippen LogP contribution in [0.5, 0.6) is 11.6 Å². The summed E-state index contributed by atoms with van der Waals surface area (Å²) in [6, 6.07) is 0.804. The summed E-state index contributed by atoms with van der Waals surface area (Å²) in [5.74, 6) is -5.80. The van der Waals surface area contributed by atoms with Gasteiger partial charge in [-0.15, -0.1) is 0 Å². The van der Waals surface area contributed by atoms with Crippen molar-refractivity contribution >= 4 is 44.6 Å². The Kier molecular flexibility index (Phi) is 11.7. The van der Waals surface area contributed by atoms with E-state index in [-0.39, 0.29) is 59.6 Å². The van der Waals surface area contributed by atoms with Gasteiger partial charge in [-0.3, -0.25) is 24.0 Å². The Morgan fingerprint density at radius 1 is 1.14 bits per heavy atom. The molecular formula is C39H48F5N5O9S. The van der Waals surface area contributed by atoms with Crippen LogP contribution in [0.4, 0.5) is 26.7 Å². The number of carbonyl (C=O) groups excluding carboxylic acids is 3. The number of hydrogen-bond acceptors (Lipinski definition) is 9. The average Bonchev–Trinajstić information content (AvgIpc) is 4.06. The number of allylic oxidation sites excluding steroid dienone is 1. The molecule has 3 fully saturated rings. The number of alkyl halides is 4. The van der Waals surface area contributed by atoms with E-state index in [0.29, 0.717) is 32.4 Å². The molecule has 0 unspecified atom stereocenters. The monoisotopic (exact) mass is 857 g/mol. The van der Waals surface area contributed by atoms with E-state index in [1.807, 2.05) is 4.72 Å². The summed E-state index contributed by atoms with van der Waals surface area (Å²) in [7, 11) is -3.15. The molecule has 14 nitrogen and oxygen atoms in total. The van der Waals surface area contributed by atoms with Crippen LogP contribution in [-0.2, 0) is 24.4 Å². The second-order valence-electron chi connectivity index (χ2n) is 16.8. The Bertz CT molecular complexity index is 2150. The van der Waals surface area contributed by atoms with E-state index < -0.39 is 105 Å². The van der Waals surface area contributed by atoms with E-state index in [2.05, 4.69) is 10.3 Å². The zero-order valence-electron chi connectivity index (χ0n) is 33.1. The first kappa shape index (κ1) is 43.8. The molecule has 4 amide bonds. The fourth-order valence-corrected chi connectivity index (χ4v) is 9.70. The van der Waals surface area contributed by atoms with Crippen molar-refractivity contribution in [3.63, 3.8) is 0 Å². The Balaban J connectivity index is 1.43. The molecule has 4 aliphatic rings. The topological polar surface area (TPSA) is 185 Å². The summed E-state index contributed by atoms with van der Waals surface area (Å²) in [5.41, 5.74) is -4.97. The van der Waals surface area contributed by atoms with E-state index in [0.717, 1.165) is 11.1 Å². The number of hydrogen-bond donors (Lipinski definition) is 3. The fraction of sp³-hybridized carbons (Fsp3) is 0.615. The third kappa shape index (κ3) is 8.12. The molecule has 2 aliphatic carbocycles. The van der Waals surface area contributed by atoms with E-state index in [9.17, 15) is 54.7 Å². The van der Waals surface area contributed by atoms with Gasteiger partial charge in [-0.2, -0.15) is 13.2 Å². The van der Waals surface area contributed by atoms with Crippen molar-refractivity contribution in [1.29, 1.82) is 0 Å². The maximum Gasteiger partial charge on any atom is 0.411 e. The highest BCUT2D eigenvalue weighted by molar-refractivity contribution is 7.91. The van der Waals surface area contributed by atoms with Gasteiger partial charge in [0, 0.05) is 23.1 Å². The highest BCUT2D eigenvalue weighted by Crippen LogP contribution is 2.48. The Labute approximate surface area is 337 Å². The van der Waals surface area contributed by atoms with Crippen molar-refractivity contribution in [2.45, 2.75) is 113 Å². The van der Waals surface area contributed by atoms with Crippen molar-refractivity contribution in [3.8, 4) is 11.6 Å². The van der Waals surface area contributed by atoms with E-state index in [1.54, 1.807) is 19.1 Å². The molecule has 7 atom stereocenters. The number of halogens is 5. The summed E-state index contributed by atoms with van der Waals surface area (Å²) >= 11 is 0. The largest absolute Gasteiger partial charge is 0.497 e. The lowest BCUT2D eigenvalue weighted by atomic mass is 9.85. The molecule has 59 heavy (non-hydrogen) atoms. The Morgan fingerprint density at radius 2 is 1.83 bits per heavy atom. The molecule has 324 valence electrons. The molecule has 2 aliphatic heterocycles. The molecule has 0 bridgehead atoms. The smallest absolute Gasteiger partial charge is 0.411 e. The third-order valence-corrected chi connectivity index (χ3v) is 14.4. The fourth-order valence-electron chi connectivity index (χ4n) is 8.28. The van der Waals surface area contributed by atoms with Crippen molar-refractivity contribution < 1.29 is 64.1 Å². The number of nitrogens with zero attached hydrogens (tertiary/aromatic N) is 3. The van der Waals surface area contributed by atoms with Crippen LogP contribution in [-0.4, -0.2) is 113 Å². The van der Waals surface area contributed by atoms with Gasteiger partial charge in [0.05, 0.1) is 19.9 Å². The van der Waals surface area contributed by atoms with Crippen LogP contribution in [0, 0.1) is 23.6 Å². The molecule has 1 aromatic heterocycles. The van der Waals surface area contributed by atoms with Gasteiger partial charge in [-0.05, 0) is 82.4 Å². The van der Waals surface area contributed by atoms with Gasteiger partial charge in [0.15, 0.2) is 0 Å². The van der Waals surface area contributed by atoms with Crippen LogP contribution in [0.2, 0.25) is 0 Å².